The van der Waals surface area contributed by atoms with Crippen molar-refractivity contribution in [2.45, 2.75) is 98.7 Å². The van der Waals surface area contributed by atoms with E-state index in [0.717, 1.165) is 32.1 Å². The second-order valence-electron chi connectivity index (χ2n) is 8.81. The molecule has 0 unspecified atom stereocenters. The van der Waals surface area contributed by atoms with Crippen LogP contribution in [-0.2, 0) is 19.1 Å². The van der Waals surface area contributed by atoms with Crippen molar-refractivity contribution in [3.8, 4) is 0 Å². The number of carbonyl (C=O) groups excluding carboxylic acids is 2. The molecule has 23 heavy (non-hydrogen) atoms. The van der Waals surface area contributed by atoms with Crippen LogP contribution in [0.1, 0.15) is 86.5 Å². The van der Waals surface area contributed by atoms with Gasteiger partial charge in [-0.15, -0.1) is 0 Å². The van der Waals surface area contributed by atoms with Gasteiger partial charge >= 0.3 is 11.9 Å². The third-order valence-corrected chi connectivity index (χ3v) is 4.47. The zero-order valence-corrected chi connectivity index (χ0v) is 15.7. The summed E-state index contributed by atoms with van der Waals surface area (Å²) in [6.07, 6.45) is 4.95. The first-order valence-corrected chi connectivity index (χ1v) is 8.90. The highest BCUT2D eigenvalue weighted by Crippen LogP contribution is 2.29. The lowest BCUT2D eigenvalue weighted by Gasteiger charge is -2.30. The van der Waals surface area contributed by atoms with Crippen LogP contribution in [-0.4, -0.2) is 24.1 Å². The molecule has 0 radical (unpaired) electrons. The highest BCUT2D eigenvalue weighted by Gasteiger charge is 2.29. The second-order valence-corrected chi connectivity index (χ2v) is 8.81. The van der Waals surface area contributed by atoms with Crippen LogP contribution in [0.25, 0.3) is 0 Å². The number of ether oxygens (including phenoxy) is 2. The summed E-state index contributed by atoms with van der Waals surface area (Å²) >= 11 is 0. The Bertz CT molecular complexity index is 398. The number of rotatable bonds is 6. The van der Waals surface area contributed by atoms with Gasteiger partial charge in [-0.3, -0.25) is 9.59 Å². The highest BCUT2D eigenvalue weighted by molar-refractivity contribution is 5.70. The smallest absolute Gasteiger partial charge is 0.306 e. The molecule has 0 aromatic carbocycles. The third-order valence-electron chi connectivity index (χ3n) is 4.47. The molecule has 0 bridgehead atoms. The molecule has 0 aromatic rings. The van der Waals surface area contributed by atoms with Crippen molar-refractivity contribution in [3.63, 3.8) is 0 Å². The summed E-state index contributed by atoms with van der Waals surface area (Å²) in [4.78, 5) is 23.9. The van der Waals surface area contributed by atoms with Gasteiger partial charge in [-0.2, -0.15) is 0 Å². The van der Waals surface area contributed by atoms with Gasteiger partial charge in [0.05, 0.1) is 12.8 Å². The first-order valence-electron chi connectivity index (χ1n) is 8.90. The maximum Gasteiger partial charge on any atom is 0.306 e. The van der Waals surface area contributed by atoms with Crippen LogP contribution in [0.4, 0.5) is 0 Å². The van der Waals surface area contributed by atoms with Gasteiger partial charge in [-0.05, 0) is 36.5 Å². The minimum atomic E-state index is -0.123. The number of hydrogen-bond donors (Lipinski definition) is 0. The Morgan fingerprint density at radius 3 is 1.57 bits per heavy atom. The molecule has 0 aliphatic heterocycles. The summed E-state index contributed by atoms with van der Waals surface area (Å²) < 4.78 is 11.1. The third kappa shape index (κ3) is 8.38. The molecule has 1 fully saturated rings. The topological polar surface area (TPSA) is 52.6 Å². The molecular weight excluding hydrogens is 292 g/mol. The highest BCUT2D eigenvalue weighted by atomic mass is 16.6. The number of hydrogen-bond acceptors (Lipinski definition) is 4. The lowest BCUT2D eigenvalue weighted by molar-refractivity contribution is -0.160. The Labute approximate surface area is 141 Å². The van der Waals surface area contributed by atoms with Crippen molar-refractivity contribution >= 4 is 11.9 Å². The first kappa shape index (κ1) is 20.0. The molecular formula is C19H34O4. The van der Waals surface area contributed by atoms with Crippen molar-refractivity contribution in [2.75, 3.05) is 0 Å². The van der Waals surface area contributed by atoms with Crippen LogP contribution in [0.3, 0.4) is 0 Å². The number of esters is 2. The summed E-state index contributed by atoms with van der Waals surface area (Å²) in [6, 6.07) is 0. The largest absolute Gasteiger partial charge is 0.462 e. The van der Waals surface area contributed by atoms with Crippen LogP contribution in [0.2, 0.25) is 0 Å². The van der Waals surface area contributed by atoms with E-state index in [2.05, 4.69) is 20.8 Å². The Morgan fingerprint density at radius 2 is 1.22 bits per heavy atom. The molecule has 0 heterocycles. The Balaban J connectivity index is 2.30. The van der Waals surface area contributed by atoms with Crippen LogP contribution in [0.15, 0.2) is 0 Å². The monoisotopic (exact) mass is 326 g/mol. The van der Waals surface area contributed by atoms with E-state index in [1.807, 2.05) is 20.8 Å². The van der Waals surface area contributed by atoms with Crippen molar-refractivity contribution in [3.05, 3.63) is 0 Å². The minimum Gasteiger partial charge on any atom is -0.462 e. The standard InChI is InChI=1S/C19H34O4/c1-7-19(5,6)13-17(21)23-15-10-8-14(9-11-15)22-16(20)12-18(2,3)4/h14-15H,7-13H2,1-6H3/t14-,15+. The van der Waals surface area contributed by atoms with Gasteiger partial charge in [0.15, 0.2) is 0 Å². The molecule has 0 saturated heterocycles. The molecule has 0 spiro atoms. The Kier molecular flexibility index (Phi) is 7.09. The van der Waals surface area contributed by atoms with E-state index in [0.29, 0.717) is 12.8 Å². The zero-order valence-electron chi connectivity index (χ0n) is 15.7. The fourth-order valence-electron chi connectivity index (χ4n) is 2.67. The van der Waals surface area contributed by atoms with Crippen molar-refractivity contribution in [2.24, 2.45) is 10.8 Å². The van der Waals surface area contributed by atoms with Gasteiger partial charge in [0.2, 0.25) is 0 Å². The molecule has 134 valence electrons. The van der Waals surface area contributed by atoms with E-state index in [-0.39, 0.29) is 35.0 Å². The van der Waals surface area contributed by atoms with Gasteiger partial charge in [-0.25, -0.2) is 0 Å². The van der Waals surface area contributed by atoms with Gasteiger partial charge in [0, 0.05) is 0 Å². The maximum absolute atomic E-state index is 12.0. The minimum absolute atomic E-state index is 0.00320. The Hall–Kier alpha value is -1.06. The summed E-state index contributed by atoms with van der Waals surface area (Å²) in [5.74, 6) is -0.229. The quantitative estimate of drug-likeness (QED) is 0.667. The average molecular weight is 326 g/mol. The molecule has 4 heteroatoms. The molecule has 0 amide bonds. The van der Waals surface area contributed by atoms with Crippen LogP contribution in [0.5, 0.6) is 0 Å². The Morgan fingerprint density at radius 1 is 0.826 bits per heavy atom. The van der Waals surface area contributed by atoms with Crippen LogP contribution >= 0.6 is 0 Å². The van der Waals surface area contributed by atoms with E-state index >= 15 is 0 Å². The fourth-order valence-corrected chi connectivity index (χ4v) is 2.67. The summed E-state index contributed by atoms with van der Waals surface area (Å²) in [5, 5.41) is 0. The van der Waals surface area contributed by atoms with E-state index in [1.54, 1.807) is 0 Å². The molecule has 0 N–H and O–H groups in total. The summed E-state index contributed by atoms with van der Waals surface area (Å²) in [7, 11) is 0. The van der Waals surface area contributed by atoms with Crippen molar-refractivity contribution < 1.29 is 19.1 Å². The van der Waals surface area contributed by atoms with E-state index in [1.165, 1.54) is 0 Å². The van der Waals surface area contributed by atoms with Crippen molar-refractivity contribution in [1.29, 1.82) is 0 Å². The normalized spacial score (nSPS) is 22.5. The zero-order chi connectivity index (χ0) is 17.7. The predicted octanol–water partition coefficient (Wildman–Crippen LogP) is 4.65. The van der Waals surface area contributed by atoms with Crippen molar-refractivity contribution in [1.82, 2.24) is 0 Å². The van der Waals surface area contributed by atoms with Gasteiger partial charge < -0.3 is 9.47 Å². The maximum atomic E-state index is 12.0. The second kappa shape index (κ2) is 8.16. The summed E-state index contributed by atoms with van der Waals surface area (Å²) in [6.45, 7) is 12.3. The van der Waals surface area contributed by atoms with E-state index in [9.17, 15) is 9.59 Å². The molecule has 1 saturated carbocycles. The average Bonchev–Trinajstić information content (AvgIpc) is 2.38. The molecule has 4 nitrogen and oxygen atoms in total. The lowest BCUT2D eigenvalue weighted by atomic mass is 9.86. The van der Waals surface area contributed by atoms with Crippen LogP contribution in [0, 0.1) is 10.8 Å². The fraction of sp³-hybridized carbons (Fsp3) is 0.895. The van der Waals surface area contributed by atoms with Gasteiger partial charge in [0.25, 0.3) is 0 Å². The SMILES string of the molecule is CCC(C)(C)CC(=O)O[C@H]1CC[C@@H](OC(=O)CC(C)(C)C)CC1. The summed E-state index contributed by atoms with van der Waals surface area (Å²) in [5.41, 5.74) is -0.0489. The first-order chi connectivity index (χ1) is 10.5. The molecule has 0 atom stereocenters. The van der Waals surface area contributed by atoms with Crippen LogP contribution < -0.4 is 0 Å². The number of carbonyl (C=O) groups is 2. The molecule has 1 aliphatic rings. The molecule has 1 rings (SSSR count). The molecule has 1 aliphatic carbocycles. The molecule has 0 aromatic heterocycles. The van der Waals surface area contributed by atoms with E-state index in [4.69, 9.17) is 9.47 Å². The van der Waals surface area contributed by atoms with Gasteiger partial charge in [-0.1, -0.05) is 48.0 Å². The predicted molar refractivity (Wildman–Crippen MR) is 91.0 cm³/mol. The lowest BCUT2D eigenvalue weighted by Crippen LogP contribution is -2.31. The van der Waals surface area contributed by atoms with E-state index < -0.39 is 0 Å². The van der Waals surface area contributed by atoms with Gasteiger partial charge in [0.1, 0.15) is 12.2 Å².